The molecule has 0 radical (unpaired) electrons. The van der Waals surface area contributed by atoms with Gasteiger partial charge in [0.05, 0.1) is 0 Å². The number of hydrogen-bond donors (Lipinski definition) is 0. The molecule has 2 aromatic rings. The predicted octanol–water partition coefficient (Wildman–Crippen LogP) is 5.54. The summed E-state index contributed by atoms with van der Waals surface area (Å²) in [6.45, 7) is 5.86. The topological polar surface area (TPSA) is 26.3 Å². The highest BCUT2D eigenvalue weighted by atomic mass is 32.1. The van der Waals surface area contributed by atoms with Crippen LogP contribution in [0.3, 0.4) is 0 Å². The van der Waals surface area contributed by atoms with Gasteiger partial charge in [-0.2, -0.15) is 0 Å². The van der Waals surface area contributed by atoms with Crippen molar-refractivity contribution < 1.29 is 9.53 Å². The van der Waals surface area contributed by atoms with Crippen LogP contribution < -0.4 is 0 Å². The first kappa shape index (κ1) is 17.4. The number of carbonyl (C=O) groups is 1. The summed E-state index contributed by atoms with van der Waals surface area (Å²) in [6, 6.07) is 14.6. The number of hydrogen-bond acceptors (Lipinski definition) is 3. The zero-order valence-electron chi connectivity index (χ0n) is 13.0. The van der Waals surface area contributed by atoms with Crippen molar-refractivity contribution in [2.75, 3.05) is 0 Å². The van der Waals surface area contributed by atoms with Gasteiger partial charge in [0.1, 0.15) is 6.10 Å². The Hall–Kier alpha value is -1.61. The first-order valence-electron chi connectivity index (χ1n) is 7.49. The number of benzene rings is 1. The fourth-order valence-electron chi connectivity index (χ4n) is 1.77. The molecule has 0 aliphatic rings. The summed E-state index contributed by atoms with van der Waals surface area (Å²) < 4.78 is 5.06. The highest BCUT2D eigenvalue weighted by molar-refractivity contribution is 7.13. The molecule has 3 heteroatoms. The number of rotatable bonds is 5. The molecule has 0 N–H and O–H groups in total. The first-order chi connectivity index (χ1) is 10.2. The third-order valence-electron chi connectivity index (χ3n) is 3.08. The van der Waals surface area contributed by atoms with Gasteiger partial charge in [-0.3, -0.25) is 4.79 Å². The number of esters is 1. The fourth-order valence-corrected chi connectivity index (χ4v) is 2.50. The lowest BCUT2D eigenvalue weighted by molar-refractivity contribution is -0.148. The second kappa shape index (κ2) is 10.2. The van der Waals surface area contributed by atoms with Crippen LogP contribution in [0.5, 0.6) is 0 Å². The summed E-state index contributed by atoms with van der Waals surface area (Å²) in [6.07, 6.45) is 2.45. The quantitative estimate of drug-likeness (QED) is 0.678. The Labute approximate surface area is 131 Å². The van der Waals surface area contributed by atoms with E-state index in [0.717, 1.165) is 12.8 Å². The van der Waals surface area contributed by atoms with E-state index in [0.29, 0.717) is 6.42 Å². The van der Waals surface area contributed by atoms with Gasteiger partial charge in [-0.25, -0.2) is 0 Å². The molecule has 1 aromatic heterocycles. The maximum Gasteiger partial charge on any atom is 0.305 e. The van der Waals surface area contributed by atoms with Crippen LogP contribution in [-0.4, -0.2) is 12.1 Å². The van der Waals surface area contributed by atoms with E-state index in [1.165, 1.54) is 10.4 Å². The number of thiophene rings is 1. The number of carbonyl (C=O) groups excluding carboxylic acids is 1. The second-order valence-corrected chi connectivity index (χ2v) is 5.57. The monoisotopic (exact) mass is 304 g/mol. The van der Waals surface area contributed by atoms with E-state index in [1.807, 2.05) is 26.8 Å². The Morgan fingerprint density at radius 2 is 1.71 bits per heavy atom. The van der Waals surface area contributed by atoms with Crippen molar-refractivity contribution in [3.05, 3.63) is 47.8 Å². The lowest BCUT2D eigenvalue weighted by atomic mass is 10.2. The predicted molar refractivity (Wildman–Crippen MR) is 90.5 cm³/mol. The van der Waals surface area contributed by atoms with Crippen LogP contribution in [0.4, 0.5) is 0 Å². The molecule has 0 fully saturated rings. The van der Waals surface area contributed by atoms with Crippen molar-refractivity contribution in [3.8, 4) is 10.4 Å². The molecule has 0 aliphatic carbocycles. The molecule has 21 heavy (non-hydrogen) atoms. The first-order valence-corrected chi connectivity index (χ1v) is 8.37. The third-order valence-corrected chi connectivity index (χ3v) is 4.00. The minimum absolute atomic E-state index is 0.0892. The average molecular weight is 304 g/mol. The Kier molecular flexibility index (Phi) is 8.44. The SMILES string of the molecule is CCC(=O)OC(CC)CC.c1ccc(-c2cccs2)cc1. The van der Waals surface area contributed by atoms with Gasteiger partial charge < -0.3 is 4.74 Å². The molecule has 114 valence electrons. The lowest BCUT2D eigenvalue weighted by Crippen LogP contribution is -2.15. The van der Waals surface area contributed by atoms with Crippen LogP contribution in [0.1, 0.15) is 40.0 Å². The zero-order valence-corrected chi connectivity index (χ0v) is 13.9. The summed E-state index contributed by atoms with van der Waals surface area (Å²) in [5.41, 5.74) is 1.31. The minimum Gasteiger partial charge on any atom is -0.462 e. The van der Waals surface area contributed by atoms with Crippen LogP contribution in [0.2, 0.25) is 0 Å². The molecule has 0 amide bonds. The summed E-state index contributed by atoms with van der Waals surface area (Å²) in [5.74, 6) is -0.0892. The molecular weight excluding hydrogens is 280 g/mol. The Morgan fingerprint density at radius 1 is 1.05 bits per heavy atom. The molecule has 2 nitrogen and oxygen atoms in total. The van der Waals surface area contributed by atoms with E-state index in [2.05, 4.69) is 41.8 Å². The average Bonchev–Trinajstić information content (AvgIpc) is 3.08. The van der Waals surface area contributed by atoms with Gasteiger partial charge in [-0.1, -0.05) is 57.2 Å². The fraction of sp³-hybridized carbons (Fsp3) is 0.389. The standard InChI is InChI=1S/C10H8S.C8H16O2/c1-2-5-9(6-3-1)10-7-4-8-11-10;1-4-7(5-2)10-8(9)6-3/h1-8H;7H,4-6H2,1-3H3. The molecule has 0 bridgehead atoms. The highest BCUT2D eigenvalue weighted by Crippen LogP contribution is 2.23. The third kappa shape index (κ3) is 6.58. The molecule has 0 unspecified atom stereocenters. The molecule has 0 aliphatic heterocycles. The second-order valence-electron chi connectivity index (χ2n) is 4.63. The van der Waals surface area contributed by atoms with Gasteiger partial charge in [0, 0.05) is 11.3 Å². The van der Waals surface area contributed by atoms with E-state index in [9.17, 15) is 4.79 Å². The molecule has 1 aromatic carbocycles. The lowest BCUT2D eigenvalue weighted by Gasteiger charge is -2.12. The van der Waals surface area contributed by atoms with Gasteiger partial charge in [0.25, 0.3) is 0 Å². The summed E-state index contributed by atoms with van der Waals surface area (Å²) in [7, 11) is 0. The Bertz CT molecular complexity index is 487. The molecule has 0 atom stereocenters. The zero-order chi connectivity index (χ0) is 15.5. The van der Waals surface area contributed by atoms with Crippen molar-refractivity contribution >= 4 is 17.3 Å². The van der Waals surface area contributed by atoms with Crippen molar-refractivity contribution in [1.82, 2.24) is 0 Å². The van der Waals surface area contributed by atoms with E-state index < -0.39 is 0 Å². The van der Waals surface area contributed by atoms with Crippen LogP contribution in [0.15, 0.2) is 47.8 Å². The molecule has 0 saturated heterocycles. The largest absolute Gasteiger partial charge is 0.462 e. The minimum atomic E-state index is -0.0892. The molecular formula is C18H24O2S. The van der Waals surface area contributed by atoms with E-state index >= 15 is 0 Å². The molecule has 1 heterocycles. The summed E-state index contributed by atoms with van der Waals surface area (Å²) in [4.78, 5) is 12.1. The Morgan fingerprint density at radius 3 is 2.19 bits per heavy atom. The maximum atomic E-state index is 10.7. The highest BCUT2D eigenvalue weighted by Gasteiger charge is 2.07. The van der Waals surface area contributed by atoms with Crippen molar-refractivity contribution in [2.45, 2.75) is 46.1 Å². The van der Waals surface area contributed by atoms with Crippen LogP contribution in [0.25, 0.3) is 10.4 Å². The maximum absolute atomic E-state index is 10.7. The van der Waals surface area contributed by atoms with Crippen LogP contribution in [0, 0.1) is 0 Å². The van der Waals surface area contributed by atoms with Gasteiger partial charge in [0.15, 0.2) is 0 Å². The van der Waals surface area contributed by atoms with E-state index in [-0.39, 0.29) is 12.1 Å². The number of ether oxygens (including phenoxy) is 1. The molecule has 0 saturated carbocycles. The van der Waals surface area contributed by atoms with Gasteiger partial charge >= 0.3 is 5.97 Å². The van der Waals surface area contributed by atoms with Crippen molar-refractivity contribution in [3.63, 3.8) is 0 Å². The van der Waals surface area contributed by atoms with Crippen LogP contribution in [-0.2, 0) is 9.53 Å². The van der Waals surface area contributed by atoms with E-state index in [1.54, 1.807) is 11.3 Å². The summed E-state index contributed by atoms with van der Waals surface area (Å²) >= 11 is 1.78. The van der Waals surface area contributed by atoms with Gasteiger partial charge in [-0.15, -0.1) is 11.3 Å². The van der Waals surface area contributed by atoms with Crippen LogP contribution >= 0.6 is 11.3 Å². The van der Waals surface area contributed by atoms with Gasteiger partial charge in [-0.05, 0) is 29.9 Å². The van der Waals surface area contributed by atoms with Crippen molar-refractivity contribution in [2.24, 2.45) is 0 Å². The van der Waals surface area contributed by atoms with Gasteiger partial charge in [0.2, 0.25) is 0 Å². The van der Waals surface area contributed by atoms with E-state index in [4.69, 9.17) is 4.74 Å². The molecule has 2 rings (SSSR count). The molecule has 0 spiro atoms. The van der Waals surface area contributed by atoms with Crippen molar-refractivity contribution in [1.29, 1.82) is 0 Å². The smallest absolute Gasteiger partial charge is 0.305 e. The normalized spacial score (nSPS) is 9.90. The summed E-state index contributed by atoms with van der Waals surface area (Å²) in [5, 5.41) is 2.10. The Balaban J connectivity index is 0.000000212.